The molecule has 170 valence electrons. The van der Waals surface area contributed by atoms with Gasteiger partial charge in [-0.2, -0.15) is 0 Å². The first-order valence-electron chi connectivity index (χ1n) is 9.99. The molecule has 0 aliphatic rings. The zero-order valence-electron chi connectivity index (χ0n) is 19.0. The smallest absolute Gasteiger partial charge is 0.203 e. The van der Waals surface area contributed by atoms with E-state index >= 15 is 0 Å². The lowest BCUT2D eigenvalue weighted by Gasteiger charge is -2.18. The number of pyridine rings is 1. The van der Waals surface area contributed by atoms with Gasteiger partial charge in [0.2, 0.25) is 5.75 Å². The van der Waals surface area contributed by atoms with Crippen molar-refractivity contribution in [1.29, 1.82) is 0 Å². The van der Waals surface area contributed by atoms with Gasteiger partial charge in [0, 0.05) is 16.7 Å². The highest BCUT2D eigenvalue weighted by atomic mass is 16.5. The van der Waals surface area contributed by atoms with Crippen molar-refractivity contribution in [2.75, 3.05) is 41.3 Å². The zero-order chi connectivity index (χ0) is 23.5. The van der Waals surface area contributed by atoms with Gasteiger partial charge in [-0.3, -0.25) is 0 Å². The van der Waals surface area contributed by atoms with E-state index in [0.717, 1.165) is 11.1 Å². The van der Waals surface area contributed by atoms with Crippen molar-refractivity contribution in [2.45, 2.75) is 0 Å². The number of aromatic nitrogens is 3. The van der Waals surface area contributed by atoms with Crippen molar-refractivity contribution in [3.05, 3.63) is 42.7 Å². The van der Waals surface area contributed by atoms with E-state index in [9.17, 15) is 0 Å². The standard InChI is InChI=1S/C24H24N4O5/c1-29-13-6-8-18(30-2)16(10-13)17-11-15(20-23(25)26-12-27-24(20)28-17)14-7-9-19(31-3)22(33-5)21(14)32-4/h6-12H,1-5H3,(H2,25,26,27,28). The van der Waals surface area contributed by atoms with Gasteiger partial charge in [0.05, 0.1) is 46.6 Å². The number of fused-ring (bicyclic) bond motifs is 1. The SMILES string of the molecule is COc1ccc(OC)c(-c2cc(-c3ccc(OC)c(OC)c3OC)c3c(N)ncnc3n2)c1. The van der Waals surface area contributed by atoms with Crippen LogP contribution in [0.1, 0.15) is 0 Å². The molecule has 0 bridgehead atoms. The van der Waals surface area contributed by atoms with Crippen molar-refractivity contribution < 1.29 is 23.7 Å². The number of benzene rings is 2. The molecule has 0 atom stereocenters. The Morgan fingerprint density at radius 1 is 0.667 bits per heavy atom. The number of nitrogen functional groups attached to an aromatic ring is 1. The Morgan fingerprint density at radius 2 is 1.39 bits per heavy atom. The van der Waals surface area contributed by atoms with Gasteiger partial charge in [-0.15, -0.1) is 0 Å². The molecular weight excluding hydrogens is 424 g/mol. The molecule has 9 nitrogen and oxygen atoms in total. The molecule has 2 N–H and O–H groups in total. The highest BCUT2D eigenvalue weighted by Crippen LogP contribution is 2.47. The van der Waals surface area contributed by atoms with Crippen LogP contribution in [0.25, 0.3) is 33.4 Å². The fraction of sp³-hybridized carbons (Fsp3) is 0.208. The predicted molar refractivity (Wildman–Crippen MR) is 125 cm³/mol. The van der Waals surface area contributed by atoms with Crippen LogP contribution in [0.2, 0.25) is 0 Å². The van der Waals surface area contributed by atoms with Gasteiger partial charge in [-0.25, -0.2) is 15.0 Å². The van der Waals surface area contributed by atoms with Crippen LogP contribution in [0, 0.1) is 0 Å². The lowest BCUT2D eigenvalue weighted by Crippen LogP contribution is -2.01. The molecule has 0 aliphatic heterocycles. The molecule has 0 aliphatic carbocycles. The number of ether oxygens (including phenoxy) is 5. The van der Waals surface area contributed by atoms with Gasteiger partial charge in [-0.1, -0.05) is 0 Å². The van der Waals surface area contributed by atoms with Gasteiger partial charge in [0.1, 0.15) is 23.6 Å². The Hall–Kier alpha value is -4.27. The van der Waals surface area contributed by atoms with Crippen molar-refractivity contribution in [3.8, 4) is 51.1 Å². The molecule has 0 spiro atoms. The highest BCUT2D eigenvalue weighted by molar-refractivity contribution is 6.03. The van der Waals surface area contributed by atoms with Gasteiger partial charge < -0.3 is 29.4 Å². The van der Waals surface area contributed by atoms with E-state index in [1.54, 1.807) is 41.6 Å². The van der Waals surface area contributed by atoms with Crippen LogP contribution in [0.3, 0.4) is 0 Å². The lowest BCUT2D eigenvalue weighted by atomic mass is 9.98. The molecule has 0 amide bonds. The van der Waals surface area contributed by atoms with Crippen molar-refractivity contribution in [2.24, 2.45) is 0 Å². The second-order valence-electron chi connectivity index (χ2n) is 6.96. The molecule has 0 saturated carbocycles. The van der Waals surface area contributed by atoms with Gasteiger partial charge in [-0.05, 0) is 36.4 Å². The molecule has 33 heavy (non-hydrogen) atoms. The molecular formula is C24H24N4O5. The van der Waals surface area contributed by atoms with Crippen LogP contribution in [-0.2, 0) is 0 Å². The van der Waals surface area contributed by atoms with Crippen LogP contribution in [-0.4, -0.2) is 50.5 Å². The van der Waals surface area contributed by atoms with E-state index in [2.05, 4.69) is 9.97 Å². The monoisotopic (exact) mass is 448 g/mol. The van der Waals surface area contributed by atoms with Crippen LogP contribution < -0.4 is 29.4 Å². The van der Waals surface area contributed by atoms with Crippen LogP contribution in [0.4, 0.5) is 5.82 Å². The number of nitrogens with two attached hydrogens (primary N) is 1. The lowest BCUT2D eigenvalue weighted by molar-refractivity contribution is 0.325. The average Bonchev–Trinajstić information content (AvgIpc) is 2.86. The summed E-state index contributed by atoms with van der Waals surface area (Å²) in [7, 11) is 7.89. The Bertz CT molecular complexity index is 1330. The summed E-state index contributed by atoms with van der Waals surface area (Å²) in [5, 5.41) is 0.591. The Balaban J connectivity index is 2.09. The topological polar surface area (TPSA) is 111 Å². The summed E-state index contributed by atoms with van der Waals surface area (Å²) in [5.74, 6) is 3.07. The number of rotatable bonds is 7. The third-order valence-electron chi connectivity index (χ3n) is 5.31. The summed E-state index contributed by atoms with van der Waals surface area (Å²) in [6.45, 7) is 0. The van der Waals surface area contributed by atoms with E-state index in [1.165, 1.54) is 6.33 Å². The van der Waals surface area contributed by atoms with Crippen LogP contribution >= 0.6 is 0 Å². The van der Waals surface area contributed by atoms with Crippen molar-refractivity contribution in [3.63, 3.8) is 0 Å². The maximum absolute atomic E-state index is 6.27. The van der Waals surface area contributed by atoms with E-state index in [1.807, 2.05) is 30.3 Å². The second-order valence-corrected chi connectivity index (χ2v) is 6.96. The Morgan fingerprint density at radius 3 is 2.06 bits per heavy atom. The third-order valence-corrected chi connectivity index (χ3v) is 5.31. The van der Waals surface area contributed by atoms with Gasteiger partial charge >= 0.3 is 0 Å². The fourth-order valence-electron chi connectivity index (χ4n) is 3.77. The summed E-state index contributed by atoms with van der Waals surface area (Å²) in [6, 6.07) is 11.1. The molecule has 0 unspecified atom stereocenters. The molecule has 2 heterocycles. The molecule has 0 saturated heterocycles. The molecule has 0 radical (unpaired) electrons. The number of methoxy groups -OCH3 is 5. The number of hydrogen-bond acceptors (Lipinski definition) is 9. The minimum Gasteiger partial charge on any atom is -0.497 e. The second kappa shape index (κ2) is 9.07. The van der Waals surface area contributed by atoms with Crippen LogP contribution in [0.5, 0.6) is 28.7 Å². The molecule has 9 heteroatoms. The quantitative estimate of drug-likeness (QED) is 0.449. The zero-order valence-corrected chi connectivity index (χ0v) is 19.0. The maximum atomic E-state index is 6.27. The first-order chi connectivity index (χ1) is 16.1. The fourth-order valence-corrected chi connectivity index (χ4v) is 3.77. The summed E-state index contributed by atoms with van der Waals surface area (Å²) in [6.07, 6.45) is 1.38. The largest absolute Gasteiger partial charge is 0.497 e. The summed E-state index contributed by atoms with van der Waals surface area (Å²) in [5.41, 5.74) is 9.48. The Labute approximate surface area is 191 Å². The molecule has 0 fully saturated rings. The van der Waals surface area contributed by atoms with Gasteiger partial charge in [0.15, 0.2) is 17.1 Å². The molecule has 4 aromatic rings. The molecule has 2 aromatic carbocycles. The summed E-state index contributed by atoms with van der Waals surface area (Å²) >= 11 is 0. The summed E-state index contributed by atoms with van der Waals surface area (Å²) < 4.78 is 27.7. The number of nitrogens with zero attached hydrogens (tertiary/aromatic N) is 3. The van der Waals surface area contributed by atoms with E-state index in [-0.39, 0.29) is 0 Å². The third kappa shape index (κ3) is 3.78. The van der Waals surface area contributed by atoms with E-state index in [0.29, 0.717) is 56.9 Å². The maximum Gasteiger partial charge on any atom is 0.203 e. The normalized spacial score (nSPS) is 10.7. The highest BCUT2D eigenvalue weighted by Gasteiger charge is 2.22. The molecule has 2 aromatic heterocycles. The minimum absolute atomic E-state index is 0.295. The number of anilines is 1. The van der Waals surface area contributed by atoms with Crippen molar-refractivity contribution in [1.82, 2.24) is 15.0 Å². The van der Waals surface area contributed by atoms with Gasteiger partial charge in [0.25, 0.3) is 0 Å². The van der Waals surface area contributed by atoms with Crippen molar-refractivity contribution >= 4 is 16.9 Å². The molecule has 4 rings (SSSR count). The Kier molecular flexibility index (Phi) is 6.03. The first-order valence-corrected chi connectivity index (χ1v) is 9.99. The number of hydrogen-bond donors (Lipinski definition) is 1. The van der Waals surface area contributed by atoms with E-state index in [4.69, 9.17) is 34.4 Å². The van der Waals surface area contributed by atoms with E-state index < -0.39 is 0 Å². The minimum atomic E-state index is 0.295. The first kappa shape index (κ1) is 21.9. The predicted octanol–water partition coefficient (Wildman–Crippen LogP) is 3.98. The average molecular weight is 448 g/mol. The summed E-state index contributed by atoms with van der Waals surface area (Å²) in [4.78, 5) is 13.3. The van der Waals surface area contributed by atoms with Crippen LogP contribution in [0.15, 0.2) is 42.7 Å².